The van der Waals surface area contributed by atoms with Crippen LogP contribution >= 0.6 is 0 Å². The van der Waals surface area contributed by atoms with Crippen LogP contribution in [0.15, 0.2) is 36.4 Å². The number of benzene rings is 2. The third kappa shape index (κ3) is 3.59. The van der Waals surface area contributed by atoms with Crippen molar-refractivity contribution in [3.63, 3.8) is 0 Å². The molecule has 0 bridgehead atoms. The number of nitrogen functional groups attached to an aromatic ring is 1. The Morgan fingerprint density at radius 2 is 1.91 bits per heavy atom. The first-order valence-corrected chi connectivity index (χ1v) is 7.33. The minimum atomic E-state index is 0.0390. The first-order chi connectivity index (χ1) is 10.3. The Morgan fingerprint density at radius 3 is 2.55 bits per heavy atom. The molecule has 0 saturated heterocycles. The Balaban J connectivity index is 2.26. The number of nitrogens with zero attached hydrogens (tertiary/aromatic N) is 1. The zero-order chi connectivity index (χ0) is 16.3. The van der Waals surface area contributed by atoms with E-state index in [1.165, 1.54) is 5.56 Å². The molecule has 0 radical (unpaired) electrons. The molecule has 114 valence electrons. The summed E-state index contributed by atoms with van der Waals surface area (Å²) in [6.07, 6.45) is 0. The third-order valence-corrected chi connectivity index (χ3v) is 3.67. The lowest BCUT2D eigenvalue weighted by Crippen LogP contribution is -2.12. The Morgan fingerprint density at radius 1 is 1.18 bits per heavy atom. The van der Waals surface area contributed by atoms with Gasteiger partial charge in [-0.3, -0.25) is 0 Å². The van der Waals surface area contributed by atoms with Crippen molar-refractivity contribution in [3.8, 4) is 11.8 Å². The Hall–Kier alpha value is -2.47. The van der Waals surface area contributed by atoms with Crippen LogP contribution in [0.2, 0.25) is 0 Å². The lowest BCUT2D eigenvalue weighted by molar-refractivity contribution is 0.307. The van der Waals surface area contributed by atoms with E-state index >= 15 is 0 Å². The van der Waals surface area contributed by atoms with Crippen LogP contribution < -0.4 is 10.5 Å². The smallest absolute Gasteiger partial charge is 0.143 e. The highest BCUT2D eigenvalue weighted by Crippen LogP contribution is 2.33. The summed E-state index contributed by atoms with van der Waals surface area (Å²) in [7, 11) is 0. The van der Waals surface area contributed by atoms with E-state index in [1.807, 2.05) is 31.2 Å². The second kappa shape index (κ2) is 6.11. The van der Waals surface area contributed by atoms with Crippen molar-refractivity contribution in [2.24, 2.45) is 0 Å². The highest BCUT2D eigenvalue weighted by atomic mass is 16.5. The molecule has 0 atom stereocenters. The van der Waals surface area contributed by atoms with Gasteiger partial charge in [-0.2, -0.15) is 5.26 Å². The van der Waals surface area contributed by atoms with E-state index < -0.39 is 0 Å². The second-order valence-electron chi connectivity index (χ2n) is 6.56. The average Bonchev–Trinajstić information content (AvgIpc) is 2.47. The van der Waals surface area contributed by atoms with Gasteiger partial charge in [-0.15, -0.1) is 0 Å². The van der Waals surface area contributed by atoms with Crippen LogP contribution in [0.5, 0.6) is 5.75 Å². The maximum atomic E-state index is 8.94. The Bertz CT molecular complexity index is 721. The molecular weight excluding hydrogens is 272 g/mol. The molecule has 2 N–H and O–H groups in total. The summed E-state index contributed by atoms with van der Waals surface area (Å²) in [6.45, 7) is 8.88. The van der Waals surface area contributed by atoms with Crippen LogP contribution in [0.1, 0.15) is 43.0 Å². The summed E-state index contributed by atoms with van der Waals surface area (Å²) in [5.41, 5.74) is 10.7. The predicted octanol–water partition coefficient (Wildman–Crippen LogP) is 4.33. The van der Waals surface area contributed by atoms with Crippen molar-refractivity contribution in [2.45, 2.75) is 39.7 Å². The van der Waals surface area contributed by atoms with Gasteiger partial charge < -0.3 is 10.5 Å². The highest BCUT2D eigenvalue weighted by molar-refractivity contribution is 5.60. The molecule has 2 aromatic carbocycles. The predicted molar refractivity (Wildman–Crippen MR) is 89.8 cm³/mol. The monoisotopic (exact) mass is 294 g/mol. The number of ether oxygens (including phenoxy) is 1. The van der Waals surface area contributed by atoms with Gasteiger partial charge in [0.05, 0.1) is 17.3 Å². The highest BCUT2D eigenvalue weighted by Gasteiger charge is 2.17. The Kier molecular flexibility index (Phi) is 4.42. The molecule has 0 heterocycles. The topological polar surface area (TPSA) is 59.0 Å². The van der Waals surface area contributed by atoms with Crippen molar-refractivity contribution < 1.29 is 4.74 Å². The van der Waals surface area contributed by atoms with E-state index in [0.717, 1.165) is 11.1 Å². The van der Waals surface area contributed by atoms with Crippen molar-refractivity contribution in [2.75, 3.05) is 5.73 Å². The van der Waals surface area contributed by atoms with Gasteiger partial charge >= 0.3 is 0 Å². The number of hydrogen-bond acceptors (Lipinski definition) is 3. The normalized spacial score (nSPS) is 11.0. The van der Waals surface area contributed by atoms with Crippen molar-refractivity contribution in [1.29, 1.82) is 5.26 Å². The number of aryl methyl sites for hydroxylation is 1. The third-order valence-electron chi connectivity index (χ3n) is 3.67. The average molecular weight is 294 g/mol. The molecule has 0 saturated carbocycles. The molecule has 0 spiro atoms. The molecule has 0 aliphatic rings. The van der Waals surface area contributed by atoms with Gasteiger partial charge in [-0.05, 0) is 47.2 Å². The fourth-order valence-corrected chi connectivity index (χ4v) is 2.21. The summed E-state index contributed by atoms with van der Waals surface area (Å²) >= 11 is 0. The largest absolute Gasteiger partial charge is 0.487 e. The number of rotatable bonds is 3. The maximum Gasteiger partial charge on any atom is 0.143 e. The molecular formula is C19H22N2O. The van der Waals surface area contributed by atoms with Gasteiger partial charge in [-0.1, -0.05) is 39.0 Å². The van der Waals surface area contributed by atoms with E-state index in [4.69, 9.17) is 15.7 Å². The molecule has 3 nitrogen and oxygen atoms in total. The maximum absolute atomic E-state index is 8.94. The SMILES string of the molecule is Cc1cc(C(C)(C)C)cc(OCc2cccc(C#N)c2)c1N. The zero-order valence-corrected chi connectivity index (χ0v) is 13.6. The molecule has 22 heavy (non-hydrogen) atoms. The van der Waals surface area contributed by atoms with Crippen LogP contribution in [-0.4, -0.2) is 0 Å². The van der Waals surface area contributed by atoms with Crippen molar-refractivity contribution >= 4 is 5.69 Å². The van der Waals surface area contributed by atoms with Gasteiger partial charge in [0, 0.05) is 0 Å². The zero-order valence-electron chi connectivity index (χ0n) is 13.6. The Labute approximate surface area is 132 Å². The molecule has 0 unspecified atom stereocenters. The number of nitrogens with two attached hydrogens (primary N) is 1. The van der Waals surface area contributed by atoms with Crippen LogP contribution in [-0.2, 0) is 12.0 Å². The lowest BCUT2D eigenvalue weighted by atomic mass is 9.86. The fraction of sp³-hybridized carbons (Fsp3) is 0.316. The summed E-state index contributed by atoms with van der Waals surface area (Å²) in [5.74, 6) is 0.701. The summed E-state index contributed by atoms with van der Waals surface area (Å²) in [6, 6.07) is 13.7. The van der Waals surface area contributed by atoms with Gasteiger partial charge in [0.25, 0.3) is 0 Å². The molecule has 0 aliphatic carbocycles. The lowest BCUT2D eigenvalue weighted by Gasteiger charge is -2.22. The number of anilines is 1. The van der Waals surface area contributed by atoms with Crippen LogP contribution in [0, 0.1) is 18.3 Å². The van der Waals surface area contributed by atoms with Gasteiger partial charge in [0.1, 0.15) is 12.4 Å². The molecule has 0 fully saturated rings. The van der Waals surface area contributed by atoms with E-state index in [2.05, 4.69) is 32.9 Å². The molecule has 2 rings (SSSR count). The van der Waals surface area contributed by atoms with Crippen LogP contribution in [0.3, 0.4) is 0 Å². The van der Waals surface area contributed by atoms with E-state index in [9.17, 15) is 0 Å². The molecule has 2 aromatic rings. The minimum Gasteiger partial charge on any atom is -0.487 e. The van der Waals surface area contributed by atoms with Gasteiger partial charge in [0.15, 0.2) is 0 Å². The van der Waals surface area contributed by atoms with Crippen molar-refractivity contribution in [1.82, 2.24) is 0 Å². The summed E-state index contributed by atoms with van der Waals surface area (Å²) in [5, 5.41) is 8.94. The van der Waals surface area contributed by atoms with Gasteiger partial charge in [-0.25, -0.2) is 0 Å². The summed E-state index contributed by atoms with van der Waals surface area (Å²) < 4.78 is 5.90. The van der Waals surface area contributed by atoms with Crippen molar-refractivity contribution in [3.05, 3.63) is 58.7 Å². The van der Waals surface area contributed by atoms with E-state index in [-0.39, 0.29) is 5.41 Å². The molecule has 0 aliphatic heterocycles. The second-order valence-corrected chi connectivity index (χ2v) is 6.56. The van der Waals surface area contributed by atoms with Crippen LogP contribution in [0.25, 0.3) is 0 Å². The van der Waals surface area contributed by atoms with Crippen LogP contribution in [0.4, 0.5) is 5.69 Å². The fourth-order valence-electron chi connectivity index (χ4n) is 2.21. The molecule has 0 amide bonds. The quantitative estimate of drug-likeness (QED) is 0.857. The number of hydrogen-bond donors (Lipinski definition) is 1. The van der Waals surface area contributed by atoms with E-state index in [0.29, 0.717) is 23.6 Å². The molecule has 3 heteroatoms. The summed E-state index contributed by atoms with van der Waals surface area (Å²) in [4.78, 5) is 0. The first-order valence-electron chi connectivity index (χ1n) is 7.33. The first kappa shape index (κ1) is 15.9. The van der Waals surface area contributed by atoms with E-state index in [1.54, 1.807) is 6.07 Å². The minimum absolute atomic E-state index is 0.0390. The molecule has 0 aromatic heterocycles. The number of nitriles is 1. The standard InChI is InChI=1S/C19H22N2O/c1-13-8-16(19(2,3)4)10-17(18(13)21)22-12-15-7-5-6-14(9-15)11-20/h5-10H,12,21H2,1-4H3. The van der Waals surface area contributed by atoms with Gasteiger partial charge in [0.2, 0.25) is 0 Å².